The number of methoxy groups -OCH3 is 2. The molecule has 0 spiro atoms. The third-order valence-corrected chi connectivity index (χ3v) is 5.99. The van der Waals surface area contributed by atoms with E-state index in [0.29, 0.717) is 42.4 Å². The van der Waals surface area contributed by atoms with Gasteiger partial charge in [0.15, 0.2) is 0 Å². The van der Waals surface area contributed by atoms with Gasteiger partial charge in [-0.2, -0.15) is 0 Å². The smallest absolute Gasteiger partial charge is 0.326 e. The van der Waals surface area contributed by atoms with Crippen molar-refractivity contribution >= 4 is 17.8 Å². The molecule has 3 rings (SSSR count). The number of benzene rings is 2. The first kappa shape index (κ1) is 26.8. The van der Waals surface area contributed by atoms with Crippen LogP contribution in [0.15, 0.2) is 41.6 Å². The van der Waals surface area contributed by atoms with Gasteiger partial charge in [-0.05, 0) is 41.2 Å². The van der Waals surface area contributed by atoms with E-state index in [-0.39, 0.29) is 31.3 Å². The van der Waals surface area contributed by atoms with Crippen LogP contribution in [0.3, 0.4) is 0 Å². The van der Waals surface area contributed by atoms with Crippen LogP contribution in [0, 0.1) is 5.92 Å². The van der Waals surface area contributed by atoms with Crippen LogP contribution in [0.1, 0.15) is 30.4 Å². The number of hydrogen-bond acceptors (Lipinski definition) is 8. The van der Waals surface area contributed by atoms with Crippen molar-refractivity contribution in [2.24, 2.45) is 11.1 Å². The highest BCUT2D eigenvalue weighted by Gasteiger charge is 2.26. The third-order valence-electron chi connectivity index (χ3n) is 5.99. The Labute approximate surface area is 209 Å². The summed E-state index contributed by atoms with van der Waals surface area (Å²) in [6, 6.07) is 9.71. The summed E-state index contributed by atoms with van der Waals surface area (Å²) >= 11 is 0. The van der Waals surface area contributed by atoms with Crippen molar-refractivity contribution in [1.82, 2.24) is 5.32 Å². The monoisotopic (exact) mass is 500 g/mol. The summed E-state index contributed by atoms with van der Waals surface area (Å²) in [7, 11) is 4.51. The fraction of sp³-hybridized carbons (Fsp3) is 0.423. The molecule has 3 N–H and O–H groups in total. The maximum absolute atomic E-state index is 12.6. The van der Waals surface area contributed by atoms with Gasteiger partial charge in [0.05, 0.1) is 33.0 Å². The Hall–Kier alpha value is -3.79. The van der Waals surface area contributed by atoms with E-state index in [1.54, 1.807) is 26.4 Å². The van der Waals surface area contributed by atoms with E-state index in [4.69, 9.17) is 19.0 Å². The predicted octanol–water partition coefficient (Wildman–Crippen LogP) is 2.75. The van der Waals surface area contributed by atoms with Crippen LogP contribution in [-0.2, 0) is 32.2 Å². The number of ether oxygens (including phenoxy) is 3. The second-order valence-electron chi connectivity index (χ2n) is 8.47. The van der Waals surface area contributed by atoms with E-state index in [2.05, 4.69) is 10.5 Å². The molecule has 194 valence electrons. The van der Waals surface area contributed by atoms with Gasteiger partial charge in [-0.3, -0.25) is 4.79 Å². The number of amides is 1. The number of carbonyl (C=O) groups is 2. The maximum atomic E-state index is 12.6. The number of rotatable bonds is 11. The van der Waals surface area contributed by atoms with Crippen LogP contribution in [0.4, 0.5) is 0 Å². The summed E-state index contributed by atoms with van der Waals surface area (Å²) in [6.45, 7) is 0.289. The van der Waals surface area contributed by atoms with E-state index in [1.807, 2.05) is 24.3 Å². The minimum absolute atomic E-state index is 0.00330. The van der Waals surface area contributed by atoms with Crippen molar-refractivity contribution < 1.29 is 38.9 Å². The van der Waals surface area contributed by atoms with Crippen molar-refractivity contribution in [2.75, 3.05) is 27.9 Å². The molecule has 2 atom stereocenters. The molecule has 1 fully saturated rings. The van der Waals surface area contributed by atoms with Crippen LogP contribution >= 0.6 is 0 Å². The number of carboxylic acid groups (broad SMARTS) is 1. The van der Waals surface area contributed by atoms with Crippen molar-refractivity contribution in [1.29, 1.82) is 0 Å². The van der Waals surface area contributed by atoms with Crippen LogP contribution in [0.25, 0.3) is 11.1 Å². The van der Waals surface area contributed by atoms with Gasteiger partial charge < -0.3 is 34.6 Å². The fourth-order valence-electron chi connectivity index (χ4n) is 4.19. The molecule has 1 amide bonds. The first-order valence-corrected chi connectivity index (χ1v) is 11.6. The SMILES string of the molecule is CO/N=C1\CC(CC(=O)NC(Cc2ccc(-c3c(OC)cc(CO)cc3OC)cc2)C(=O)O)CCO1. The number of nitrogens with one attached hydrogen (secondary N) is 1. The van der Waals surface area contributed by atoms with Crippen LogP contribution in [-0.4, -0.2) is 62.0 Å². The van der Waals surface area contributed by atoms with Gasteiger partial charge in [-0.15, -0.1) is 0 Å². The first-order chi connectivity index (χ1) is 17.4. The summed E-state index contributed by atoms with van der Waals surface area (Å²) in [5.74, 6) is 0.103. The highest BCUT2D eigenvalue weighted by atomic mass is 16.6. The van der Waals surface area contributed by atoms with Crippen LogP contribution in [0.5, 0.6) is 11.5 Å². The zero-order valence-electron chi connectivity index (χ0n) is 20.7. The second kappa shape index (κ2) is 12.8. The molecule has 0 aliphatic carbocycles. The summed E-state index contributed by atoms with van der Waals surface area (Å²) in [6.07, 6.45) is 1.45. The van der Waals surface area contributed by atoms with Crippen molar-refractivity contribution in [3.63, 3.8) is 0 Å². The van der Waals surface area contributed by atoms with E-state index in [0.717, 1.165) is 16.7 Å². The van der Waals surface area contributed by atoms with Gasteiger partial charge in [0, 0.05) is 19.3 Å². The lowest BCUT2D eigenvalue weighted by atomic mass is 9.95. The van der Waals surface area contributed by atoms with Gasteiger partial charge in [0.2, 0.25) is 11.8 Å². The molecule has 0 radical (unpaired) electrons. The molecule has 2 aromatic carbocycles. The number of aliphatic hydroxyl groups is 1. The Morgan fingerprint density at radius 2 is 1.78 bits per heavy atom. The largest absolute Gasteiger partial charge is 0.496 e. The minimum Gasteiger partial charge on any atom is -0.496 e. The van der Waals surface area contributed by atoms with Crippen molar-refractivity contribution in [2.45, 2.75) is 38.3 Å². The number of hydrogen-bond donors (Lipinski definition) is 3. The molecule has 1 saturated heterocycles. The lowest BCUT2D eigenvalue weighted by Gasteiger charge is -2.23. The first-order valence-electron chi connectivity index (χ1n) is 11.6. The Morgan fingerprint density at radius 3 is 2.33 bits per heavy atom. The molecule has 1 aliphatic heterocycles. The number of aliphatic carboxylic acids is 1. The molecule has 36 heavy (non-hydrogen) atoms. The zero-order valence-corrected chi connectivity index (χ0v) is 20.7. The number of carbonyl (C=O) groups excluding carboxylic acids is 1. The average Bonchev–Trinajstić information content (AvgIpc) is 2.88. The Morgan fingerprint density at radius 1 is 1.11 bits per heavy atom. The predicted molar refractivity (Wildman–Crippen MR) is 132 cm³/mol. The standard InChI is InChI=1S/C26H32N2O8/c1-33-21-11-18(15-29)12-22(34-2)25(21)19-6-4-16(5-7-19)10-20(26(31)32)27-23(30)13-17-8-9-36-24(14-17)28-35-3/h4-7,11-12,17,20,29H,8-10,13-15H2,1-3H3,(H,27,30)(H,31,32)/b28-24+. The zero-order chi connectivity index (χ0) is 26.1. The summed E-state index contributed by atoms with van der Waals surface area (Å²) in [5.41, 5.74) is 2.93. The lowest BCUT2D eigenvalue weighted by molar-refractivity contribution is -0.142. The molecular formula is C26H32N2O8. The number of aliphatic hydroxyl groups excluding tert-OH is 1. The normalized spacial score (nSPS) is 17.1. The minimum atomic E-state index is -1.11. The third kappa shape index (κ3) is 6.88. The van der Waals surface area contributed by atoms with Gasteiger partial charge in [0.25, 0.3) is 0 Å². The molecular weight excluding hydrogens is 468 g/mol. The highest BCUT2D eigenvalue weighted by Crippen LogP contribution is 2.39. The summed E-state index contributed by atoms with van der Waals surface area (Å²) in [4.78, 5) is 29.2. The lowest BCUT2D eigenvalue weighted by Crippen LogP contribution is -2.43. The molecule has 0 aromatic heterocycles. The topological polar surface area (TPSA) is 136 Å². The Kier molecular flexibility index (Phi) is 9.52. The number of oxime groups is 1. The van der Waals surface area contributed by atoms with Crippen molar-refractivity contribution in [3.05, 3.63) is 47.5 Å². The van der Waals surface area contributed by atoms with E-state index in [9.17, 15) is 19.8 Å². The summed E-state index contributed by atoms with van der Waals surface area (Å²) < 4.78 is 16.4. The Balaban J connectivity index is 1.69. The molecule has 1 aliphatic rings. The second-order valence-corrected chi connectivity index (χ2v) is 8.47. The molecule has 0 bridgehead atoms. The van der Waals surface area contributed by atoms with E-state index >= 15 is 0 Å². The average molecular weight is 501 g/mol. The molecule has 2 unspecified atom stereocenters. The van der Waals surface area contributed by atoms with Crippen molar-refractivity contribution in [3.8, 4) is 22.6 Å². The van der Waals surface area contributed by atoms with E-state index in [1.165, 1.54) is 7.11 Å². The fourth-order valence-corrected chi connectivity index (χ4v) is 4.19. The molecule has 2 aromatic rings. The van der Waals surface area contributed by atoms with Gasteiger partial charge in [-0.25, -0.2) is 4.79 Å². The number of carboxylic acids is 1. The van der Waals surface area contributed by atoms with Gasteiger partial charge >= 0.3 is 5.97 Å². The highest BCUT2D eigenvalue weighted by molar-refractivity contribution is 5.85. The maximum Gasteiger partial charge on any atom is 0.326 e. The van der Waals surface area contributed by atoms with Gasteiger partial charge in [0.1, 0.15) is 24.7 Å². The quantitative estimate of drug-likeness (QED) is 0.401. The van der Waals surface area contributed by atoms with Gasteiger partial charge in [-0.1, -0.05) is 29.4 Å². The molecule has 1 heterocycles. The molecule has 0 saturated carbocycles. The molecule has 10 heteroatoms. The number of nitrogens with zero attached hydrogens (tertiary/aromatic N) is 1. The summed E-state index contributed by atoms with van der Waals surface area (Å²) in [5, 5.41) is 25.6. The Bertz CT molecular complexity index is 1060. The van der Waals surface area contributed by atoms with Crippen LogP contribution < -0.4 is 14.8 Å². The van der Waals surface area contributed by atoms with E-state index < -0.39 is 12.0 Å². The molecule has 10 nitrogen and oxygen atoms in total. The van der Waals surface area contributed by atoms with Crippen LogP contribution in [0.2, 0.25) is 0 Å².